The fraction of sp³-hybridized carbons (Fsp3) is 0.450. The molecule has 3 rings (SSSR count). The molecule has 1 aromatic carbocycles. The van der Waals surface area contributed by atoms with Crippen molar-refractivity contribution in [3.05, 3.63) is 59.3 Å². The summed E-state index contributed by atoms with van der Waals surface area (Å²) in [5, 5.41) is 10.6. The summed E-state index contributed by atoms with van der Waals surface area (Å²) in [5.74, 6) is 1.01. The van der Waals surface area contributed by atoms with E-state index in [9.17, 15) is 5.11 Å². The molecule has 24 heavy (non-hydrogen) atoms. The van der Waals surface area contributed by atoms with Crippen molar-refractivity contribution < 1.29 is 5.11 Å². The Morgan fingerprint density at radius 1 is 1.04 bits per heavy atom. The second-order valence-corrected chi connectivity index (χ2v) is 6.83. The molecule has 1 aromatic heterocycles. The normalized spacial score (nSPS) is 17.3. The van der Waals surface area contributed by atoms with Gasteiger partial charge in [-0.15, -0.1) is 0 Å². The third-order valence-electron chi connectivity index (χ3n) is 4.92. The molecule has 128 valence electrons. The molecule has 2 heterocycles. The Morgan fingerprint density at radius 2 is 1.71 bits per heavy atom. The van der Waals surface area contributed by atoms with Gasteiger partial charge in [-0.3, -0.25) is 4.90 Å². The van der Waals surface area contributed by atoms with Crippen LogP contribution in [0.4, 0.5) is 5.82 Å². The van der Waals surface area contributed by atoms with Crippen LogP contribution in [0.5, 0.6) is 0 Å². The minimum absolute atomic E-state index is 0.602. The zero-order valence-electron chi connectivity index (χ0n) is 14.8. The maximum atomic E-state index is 10.6. The van der Waals surface area contributed by atoms with E-state index in [0.29, 0.717) is 6.04 Å². The summed E-state index contributed by atoms with van der Waals surface area (Å²) < 4.78 is 0. The second-order valence-electron chi connectivity index (χ2n) is 6.83. The van der Waals surface area contributed by atoms with Crippen LogP contribution < -0.4 is 4.90 Å². The van der Waals surface area contributed by atoms with Gasteiger partial charge in [-0.2, -0.15) is 0 Å². The Balaban J connectivity index is 1.74. The van der Waals surface area contributed by atoms with Gasteiger partial charge in [0.1, 0.15) is 11.9 Å². The molecule has 1 atom stereocenters. The van der Waals surface area contributed by atoms with Gasteiger partial charge in [0.15, 0.2) is 0 Å². The van der Waals surface area contributed by atoms with Crippen molar-refractivity contribution >= 4 is 5.82 Å². The van der Waals surface area contributed by atoms with E-state index in [1.807, 2.05) is 36.5 Å². The topological polar surface area (TPSA) is 39.6 Å². The number of rotatable bonds is 4. The second kappa shape index (κ2) is 7.32. The van der Waals surface area contributed by atoms with Gasteiger partial charge in [-0.05, 0) is 38.0 Å². The van der Waals surface area contributed by atoms with Crippen molar-refractivity contribution in [1.29, 1.82) is 0 Å². The molecule has 0 radical (unpaired) electrons. The fourth-order valence-corrected chi connectivity index (χ4v) is 3.29. The van der Waals surface area contributed by atoms with Gasteiger partial charge in [-0.25, -0.2) is 4.98 Å². The lowest BCUT2D eigenvalue weighted by atomic mass is 9.99. The highest BCUT2D eigenvalue weighted by Gasteiger charge is 2.21. The first-order valence-corrected chi connectivity index (χ1v) is 8.75. The lowest BCUT2D eigenvalue weighted by Gasteiger charge is -2.37. The number of benzene rings is 1. The quantitative estimate of drug-likeness (QED) is 0.938. The van der Waals surface area contributed by atoms with E-state index in [0.717, 1.165) is 48.7 Å². The molecule has 4 nitrogen and oxygen atoms in total. The molecule has 1 N–H and O–H groups in total. The lowest BCUT2D eigenvalue weighted by molar-refractivity contribution is 0.209. The largest absolute Gasteiger partial charge is 0.384 e. The SMILES string of the molecule is Cc1cc(N2CCN(C(C)C)CC2)ncc1C(O)c1ccccc1. The van der Waals surface area contributed by atoms with E-state index < -0.39 is 6.10 Å². The Kier molecular flexibility index (Phi) is 5.17. The zero-order chi connectivity index (χ0) is 17.1. The summed E-state index contributed by atoms with van der Waals surface area (Å²) in [7, 11) is 0. The van der Waals surface area contributed by atoms with Crippen LogP contribution in [0.25, 0.3) is 0 Å². The highest BCUT2D eigenvalue weighted by Crippen LogP contribution is 2.26. The van der Waals surface area contributed by atoms with Crippen LogP contribution in [0, 0.1) is 6.92 Å². The first kappa shape index (κ1) is 16.9. The molecule has 0 bridgehead atoms. The molecule has 1 aliphatic rings. The summed E-state index contributed by atoms with van der Waals surface area (Å²) in [6.45, 7) is 10.7. The molecule has 1 saturated heterocycles. The average Bonchev–Trinajstić information content (AvgIpc) is 2.62. The smallest absolute Gasteiger partial charge is 0.128 e. The zero-order valence-corrected chi connectivity index (χ0v) is 14.8. The van der Waals surface area contributed by atoms with E-state index in [2.05, 4.69) is 41.6 Å². The number of hydrogen-bond acceptors (Lipinski definition) is 4. The number of aryl methyl sites for hydroxylation is 1. The first-order chi connectivity index (χ1) is 11.6. The van der Waals surface area contributed by atoms with Gasteiger partial charge >= 0.3 is 0 Å². The third kappa shape index (κ3) is 3.60. The lowest BCUT2D eigenvalue weighted by Crippen LogP contribution is -2.49. The number of piperazine rings is 1. The van der Waals surface area contributed by atoms with E-state index >= 15 is 0 Å². The van der Waals surface area contributed by atoms with Crippen molar-refractivity contribution in [3.63, 3.8) is 0 Å². The van der Waals surface area contributed by atoms with Crippen molar-refractivity contribution in [3.8, 4) is 0 Å². The van der Waals surface area contributed by atoms with E-state index in [1.54, 1.807) is 0 Å². The molecule has 0 amide bonds. The molecule has 0 saturated carbocycles. The summed E-state index contributed by atoms with van der Waals surface area (Å²) in [6, 6.07) is 12.5. The number of nitrogens with zero attached hydrogens (tertiary/aromatic N) is 3. The Hall–Kier alpha value is -1.91. The summed E-state index contributed by atoms with van der Waals surface area (Å²) in [5.41, 5.74) is 2.87. The molecular weight excluding hydrogens is 298 g/mol. The molecule has 1 aliphatic heterocycles. The monoisotopic (exact) mass is 325 g/mol. The van der Waals surface area contributed by atoms with Crippen LogP contribution in [0.2, 0.25) is 0 Å². The minimum Gasteiger partial charge on any atom is -0.384 e. The van der Waals surface area contributed by atoms with Gasteiger partial charge in [0.2, 0.25) is 0 Å². The van der Waals surface area contributed by atoms with Crippen LogP contribution in [-0.2, 0) is 0 Å². The van der Waals surface area contributed by atoms with Crippen molar-refractivity contribution in [2.45, 2.75) is 32.9 Å². The summed E-state index contributed by atoms with van der Waals surface area (Å²) in [6.07, 6.45) is 1.21. The Morgan fingerprint density at radius 3 is 2.29 bits per heavy atom. The highest BCUT2D eigenvalue weighted by atomic mass is 16.3. The van der Waals surface area contributed by atoms with Crippen molar-refractivity contribution in [1.82, 2.24) is 9.88 Å². The highest BCUT2D eigenvalue weighted by molar-refractivity contribution is 5.46. The van der Waals surface area contributed by atoms with Gasteiger partial charge < -0.3 is 10.0 Å². The molecular formula is C20H27N3O. The van der Waals surface area contributed by atoms with Crippen molar-refractivity contribution in [2.75, 3.05) is 31.1 Å². The number of aliphatic hydroxyl groups excluding tert-OH is 1. The number of aromatic nitrogens is 1. The number of pyridine rings is 1. The van der Waals surface area contributed by atoms with E-state index in [1.165, 1.54) is 0 Å². The van der Waals surface area contributed by atoms with Gasteiger partial charge in [0.25, 0.3) is 0 Å². The van der Waals surface area contributed by atoms with Gasteiger partial charge in [0.05, 0.1) is 0 Å². The number of aliphatic hydroxyl groups is 1. The standard InChI is InChI=1S/C20H27N3O/c1-15(2)22-9-11-23(12-10-22)19-13-16(3)18(14-21-19)20(24)17-7-5-4-6-8-17/h4-8,13-15,20,24H,9-12H2,1-3H3. The third-order valence-corrected chi connectivity index (χ3v) is 4.92. The van der Waals surface area contributed by atoms with Crippen LogP contribution in [0.1, 0.15) is 36.6 Å². The summed E-state index contributed by atoms with van der Waals surface area (Å²) >= 11 is 0. The summed E-state index contributed by atoms with van der Waals surface area (Å²) in [4.78, 5) is 9.46. The maximum absolute atomic E-state index is 10.6. The average molecular weight is 325 g/mol. The minimum atomic E-state index is -0.620. The number of anilines is 1. The van der Waals surface area contributed by atoms with Crippen LogP contribution >= 0.6 is 0 Å². The molecule has 0 aliphatic carbocycles. The molecule has 1 unspecified atom stereocenters. The number of hydrogen-bond donors (Lipinski definition) is 1. The molecule has 4 heteroatoms. The molecule has 1 fully saturated rings. The van der Waals surface area contributed by atoms with Crippen LogP contribution in [0.3, 0.4) is 0 Å². The van der Waals surface area contributed by atoms with E-state index in [-0.39, 0.29) is 0 Å². The fourth-order valence-electron chi connectivity index (χ4n) is 3.29. The van der Waals surface area contributed by atoms with Gasteiger partial charge in [0, 0.05) is 44.0 Å². The van der Waals surface area contributed by atoms with E-state index in [4.69, 9.17) is 0 Å². The predicted octanol–water partition coefficient (Wildman–Crippen LogP) is 3.00. The molecule has 2 aromatic rings. The van der Waals surface area contributed by atoms with Gasteiger partial charge in [-0.1, -0.05) is 30.3 Å². The van der Waals surface area contributed by atoms with Crippen molar-refractivity contribution in [2.24, 2.45) is 0 Å². The Labute approximate surface area is 144 Å². The first-order valence-electron chi connectivity index (χ1n) is 8.75. The van der Waals surface area contributed by atoms with Crippen LogP contribution in [0.15, 0.2) is 42.6 Å². The van der Waals surface area contributed by atoms with Crippen LogP contribution in [-0.4, -0.2) is 47.2 Å². The molecule has 0 spiro atoms. The predicted molar refractivity (Wildman–Crippen MR) is 98.4 cm³/mol. The Bertz CT molecular complexity index is 664. The maximum Gasteiger partial charge on any atom is 0.128 e.